The van der Waals surface area contributed by atoms with Gasteiger partial charge in [-0.05, 0) is 32.2 Å². The van der Waals surface area contributed by atoms with Crippen LogP contribution in [0, 0.1) is 0 Å². The molecule has 1 unspecified atom stereocenters. The summed E-state index contributed by atoms with van der Waals surface area (Å²) in [6, 6.07) is 0.819. The van der Waals surface area contributed by atoms with E-state index in [0.717, 1.165) is 13.1 Å². The lowest BCUT2D eigenvalue weighted by Gasteiger charge is -2.30. The van der Waals surface area contributed by atoms with Gasteiger partial charge < -0.3 is 10.6 Å². The van der Waals surface area contributed by atoms with Crippen LogP contribution in [-0.2, 0) is 4.79 Å². The van der Waals surface area contributed by atoms with Crippen LogP contribution in [0.4, 0.5) is 4.79 Å². The Hall–Kier alpha value is -1.14. The average Bonchev–Trinajstić information content (AvgIpc) is 3.21. The number of imide groups is 1. The second-order valence-electron chi connectivity index (χ2n) is 6.08. The molecule has 0 aromatic carbocycles. The molecule has 1 saturated carbocycles. The van der Waals surface area contributed by atoms with E-state index >= 15 is 0 Å². The standard InChI is InChI=1S/C14H24N4O2/c19-13(18-8-7-16-14(18)20)10-17(12-4-5-12)9-11-3-1-2-6-15-11/h11-12,15H,1-10H2,(H,16,20). The number of piperidine rings is 1. The number of carbonyl (C=O) groups excluding carboxylic acids is 2. The molecular formula is C14H24N4O2. The zero-order valence-corrected chi connectivity index (χ0v) is 11.9. The van der Waals surface area contributed by atoms with Crippen LogP contribution in [-0.4, -0.2) is 66.5 Å². The highest BCUT2D eigenvalue weighted by Crippen LogP contribution is 2.27. The summed E-state index contributed by atoms with van der Waals surface area (Å²) < 4.78 is 0. The van der Waals surface area contributed by atoms with Gasteiger partial charge in [0.2, 0.25) is 5.91 Å². The summed E-state index contributed by atoms with van der Waals surface area (Å²) in [6.07, 6.45) is 6.10. The molecule has 1 aliphatic carbocycles. The van der Waals surface area contributed by atoms with Gasteiger partial charge in [-0.3, -0.25) is 14.6 Å². The number of rotatable bonds is 5. The Morgan fingerprint density at radius 2 is 2.10 bits per heavy atom. The Kier molecular flexibility index (Phi) is 4.21. The molecule has 2 aliphatic heterocycles. The monoisotopic (exact) mass is 280 g/mol. The topological polar surface area (TPSA) is 64.7 Å². The molecular weight excluding hydrogens is 256 g/mol. The summed E-state index contributed by atoms with van der Waals surface area (Å²) in [5.41, 5.74) is 0. The average molecular weight is 280 g/mol. The molecule has 1 atom stereocenters. The molecule has 3 amide bonds. The number of nitrogens with one attached hydrogen (secondary N) is 2. The van der Waals surface area contributed by atoms with Gasteiger partial charge in [0.25, 0.3) is 0 Å². The third-order valence-electron chi connectivity index (χ3n) is 4.43. The predicted molar refractivity (Wildman–Crippen MR) is 75.3 cm³/mol. The third-order valence-corrected chi connectivity index (χ3v) is 4.43. The van der Waals surface area contributed by atoms with Crippen molar-refractivity contribution in [3.8, 4) is 0 Å². The highest BCUT2D eigenvalue weighted by Gasteiger charge is 2.35. The van der Waals surface area contributed by atoms with Gasteiger partial charge in [-0.1, -0.05) is 6.42 Å². The highest BCUT2D eigenvalue weighted by molar-refractivity contribution is 5.96. The van der Waals surface area contributed by atoms with Gasteiger partial charge in [0.05, 0.1) is 6.54 Å². The number of amides is 3. The van der Waals surface area contributed by atoms with Crippen LogP contribution in [0.1, 0.15) is 32.1 Å². The first-order valence-electron chi connectivity index (χ1n) is 7.79. The highest BCUT2D eigenvalue weighted by atomic mass is 16.2. The lowest BCUT2D eigenvalue weighted by Crippen LogP contribution is -2.48. The van der Waals surface area contributed by atoms with Crippen molar-refractivity contribution in [2.75, 3.05) is 32.7 Å². The summed E-state index contributed by atoms with van der Waals surface area (Å²) in [5, 5.41) is 6.22. The fourth-order valence-electron chi connectivity index (χ4n) is 3.11. The van der Waals surface area contributed by atoms with Crippen LogP contribution in [0.5, 0.6) is 0 Å². The molecule has 6 heteroatoms. The van der Waals surface area contributed by atoms with Crippen molar-refractivity contribution in [1.29, 1.82) is 0 Å². The molecule has 0 bridgehead atoms. The predicted octanol–water partition coefficient (Wildman–Crippen LogP) is 0.145. The first kappa shape index (κ1) is 13.8. The van der Waals surface area contributed by atoms with Gasteiger partial charge >= 0.3 is 6.03 Å². The van der Waals surface area contributed by atoms with E-state index in [1.807, 2.05) is 0 Å². The Bertz CT molecular complexity index is 377. The largest absolute Gasteiger partial charge is 0.336 e. The summed E-state index contributed by atoms with van der Waals surface area (Å²) >= 11 is 0. The maximum Gasteiger partial charge on any atom is 0.324 e. The molecule has 3 fully saturated rings. The van der Waals surface area contributed by atoms with Gasteiger partial charge in [-0.2, -0.15) is 0 Å². The number of hydrogen-bond acceptors (Lipinski definition) is 4. The Balaban J connectivity index is 1.53. The van der Waals surface area contributed by atoms with E-state index in [9.17, 15) is 9.59 Å². The van der Waals surface area contributed by atoms with Crippen LogP contribution in [0.3, 0.4) is 0 Å². The first-order valence-corrected chi connectivity index (χ1v) is 7.79. The fraction of sp³-hybridized carbons (Fsp3) is 0.857. The van der Waals surface area contributed by atoms with E-state index in [0.29, 0.717) is 31.7 Å². The van der Waals surface area contributed by atoms with Gasteiger partial charge in [-0.15, -0.1) is 0 Å². The van der Waals surface area contributed by atoms with Crippen LogP contribution < -0.4 is 10.6 Å². The van der Waals surface area contributed by atoms with Crippen molar-refractivity contribution in [3.05, 3.63) is 0 Å². The lowest BCUT2D eigenvalue weighted by molar-refractivity contribution is -0.129. The minimum absolute atomic E-state index is 0.0530. The van der Waals surface area contributed by atoms with Crippen LogP contribution in [0.2, 0.25) is 0 Å². The molecule has 3 rings (SSSR count). The second-order valence-corrected chi connectivity index (χ2v) is 6.08. The zero-order chi connectivity index (χ0) is 13.9. The summed E-state index contributed by atoms with van der Waals surface area (Å²) in [6.45, 7) is 3.50. The van der Waals surface area contributed by atoms with Crippen LogP contribution in [0.25, 0.3) is 0 Å². The van der Waals surface area contributed by atoms with Crippen molar-refractivity contribution < 1.29 is 9.59 Å². The van der Waals surface area contributed by atoms with E-state index in [-0.39, 0.29) is 11.9 Å². The maximum atomic E-state index is 12.2. The van der Waals surface area contributed by atoms with Crippen molar-refractivity contribution >= 4 is 11.9 Å². The van der Waals surface area contributed by atoms with E-state index in [1.54, 1.807) is 0 Å². The SMILES string of the molecule is O=C(CN(CC1CCCCN1)C1CC1)N1CCNC1=O. The molecule has 6 nitrogen and oxygen atoms in total. The normalized spacial score (nSPS) is 26.9. The zero-order valence-electron chi connectivity index (χ0n) is 11.9. The summed E-state index contributed by atoms with van der Waals surface area (Å²) in [4.78, 5) is 27.4. The van der Waals surface area contributed by atoms with Crippen LogP contribution in [0.15, 0.2) is 0 Å². The van der Waals surface area contributed by atoms with E-state index in [1.165, 1.54) is 37.0 Å². The minimum atomic E-state index is -0.235. The minimum Gasteiger partial charge on any atom is -0.336 e. The van der Waals surface area contributed by atoms with E-state index < -0.39 is 0 Å². The Morgan fingerprint density at radius 1 is 1.25 bits per heavy atom. The molecule has 0 spiro atoms. The molecule has 112 valence electrons. The molecule has 0 aromatic heterocycles. The maximum absolute atomic E-state index is 12.2. The Labute approximate surface area is 119 Å². The van der Waals surface area contributed by atoms with Crippen molar-refractivity contribution in [3.63, 3.8) is 0 Å². The molecule has 0 aromatic rings. The van der Waals surface area contributed by atoms with Gasteiger partial charge in [-0.25, -0.2) is 4.79 Å². The third kappa shape index (κ3) is 3.30. The number of hydrogen-bond donors (Lipinski definition) is 2. The molecule has 0 radical (unpaired) electrons. The summed E-state index contributed by atoms with van der Waals surface area (Å²) in [5.74, 6) is -0.0530. The second kappa shape index (κ2) is 6.10. The molecule has 20 heavy (non-hydrogen) atoms. The van der Waals surface area contributed by atoms with Crippen molar-refractivity contribution in [2.45, 2.75) is 44.2 Å². The van der Waals surface area contributed by atoms with E-state index in [2.05, 4.69) is 15.5 Å². The van der Waals surface area contributed by atoms with Gasteiger partial charge in [0.1, 0.15) is 0 Å². The molecule has 2 saturated heterocycles. The summed E-state index contributed by atoms with van der Waals surface area (Å²) in [7, 11) is 0. The number of carbonyl (C=O) groups is 2. The molecule has 2 heterocycles. The number of urea groups is 1. The van der Waals surface area contributed by atoms with Gasteiger partial charge in [0, 0.05) is 31.7 Å². The lowest BCUT2D eigenvalue weighted by atomic mass is 10.0. The van der Waals surface area contributed by atoms with Crippen LogP contribution >= 0.6 is 0 Å². The molecule has 2 N–H and O–H groups in total. The smallest absolute Gasteiger partial charge is 0.324 e. The molecule has 3 aliphatic rings. The van der Waals surface area contributed by atoms with Gasteiger partial charge in [0.15, 0.2) is 0 Å². The van der Waals surface area contributed by atoms with E-state index in [4.69, 9.17) is 0 Å². The quantitative estimate of drug-likeness (QED) is 0.752. The van der Waals surface area contributed by atoms with Crippen molar-refractivity contribution in [2.24, 2.45) is 0 Å². The Morgan fingerprint density at radius 3 is 2.70 bits per heavy atom. The first-order chi connectivity index (χ1) is 9.74. The van der Waals surface area contributed by atoms with Crippen molar-refractivity contribution in [1.82, 2.24) is 20.4 Å². The number of nitrogens with zero attached hydrogens (tertiary/aromatic N) is 2. The fourth-order valence-corrected chi connectivity index (χ4v) is 3.11.